The number of nitrogens with one attached hydrogen (secondary N) is 1. The maximum atomic E-state index is 11.6. The van der Waals surface area contributed by atoms with E-state index in [-0.39, 0.29) is 5.56 Å². The topological polar surface area (TPSA) is 52.2 Å². The van der Waals surface area contributed by atoms with Crippen LogP contribution in [0.4, 0.5) is 0 Å². The van der Waals surface area contributed by atoms with Crippen molar-refractivity contribution in [2.24, 2.45) is 17.8 Å². The Bertz CT molecular complexity index is 669. The van der Waals surface area contributed by atoms with Crippen molar-refractivity contribution in [3.63, 3.8) is 0 Å². The van der Waals surface area contributed by atoms with E-state index in [1.807, 2.05) is 6.92 Å². The third-order valence-corrected chi connectivity index (χ3v) is 7.35. The number of aromatic nitrogens is 2. The minimum Gasteiger partial charge on any atom is -0.311 e. The summed E-state index contributed by atoms with van der Waals surface area (Å²) in [6.07, 6.45) is 8.96. The van der Waals surface area contributed by atoms with Gasteiger partial charge in [0.05, 0.1) is 5.69 Å². The van der Waals surface area contributed by atoms with Gasteiger partial charge in [0.25, 0.3) is 5.56 Å². The third-order valence-electron chi connectivity index (χ3n) is 7.35. The number of nitrogens with zero attached hydrogens (tertiary/aromatic N) is 3. The SMILES string of the molecule is Cc1nc(CN2CCN(C34CC5CC(CC(C5)C3)C4)CC2)cc(=O)[nH]1. The molecule has 25 heavy (non-hydrogen) atoms. The van der Waals surface area contributed by atoms with Crippen molar-refractivity contribution < 1.29 is 0 Å². The van der Waals surface area contributed by atoms with Crippen LogP contribution >= 0.6 is 0 Å². The molecule has 0 radical (unpaired) electrons. The summed E-state index contributed by atoms with van der Waals surface area (Å²) in [7, 11) is 0. The molecule has 4 bridgehead atoms. The van der Waals surface area contributed by atoms with Crippen LogP contribution in [-0.2, 0) is 6.54 Å². The first-order valence-corrected chi connectivity index (χ1v) is 10.1. The van der Waals surface area contributed by atoms with Crippen LogP contribution in [0, 0.1) is 24.7 Å². The predicted molar refractivity (Wildman–Crippen MR) is 97.3 cm³/mol. The maximum Gasteiger partial charge on any atom is 0.251 e. The van der Waals surface area contributed by atoms with Gasteiger partial charge in [-0.05, 0) is 63.2 Å². The van der Waals surface area contributed by atoms with Gasteiger partial charge in [0.2, 0.25) is 0 Å². The molecule has 4 saturated carbocycles. The molecule has 2 heterocycles. The number of piperazine rings is 1. The Hall–Kier alpha value is -1.20. The van der Waals surface area contributed by atoms with Gasteiger partial charge in [0.1, 0.15) is 5.82 Å². The van der Waals surface area contributed by atoms with Crippen LogP contribution < -0.4 is 5.56 Å². The molecule has 1 saturated heterocycles. The van der Waals surface area contributed by atoms with Crippen LogP contribution in [0.25, 0.3) is 0 Å². The summed E-state index contributed by atoms with van der Waals surface area (Å²) < 4.78 is 0. The Balaban J connectivity index is 1.24. The molecule has 0 spiro atoms. The Morgan fingerprint density at radius 1 is 1.08 bits per heavy atom. The summed E-state index contributed by atoms with van der Waals surface area (Å²) in [6, 6.07) is 1.65. The zero-order valence-corrected chi connectivity index (χ0v) is 15.3. The van der Waals surface area contributed by atoms with E-state index in [9.17, 15) is 4.79 Å². The molecule has 5 aliphatic rings. The van der Waals surface area contributed by atoms with Gasteiger partial charge in [0.15, 0.2) is 0 Å². The lowest BCUT2D eigenvalue weighted by molar-refractivity contribution is -0.102. The van der Waals surface area contributed by atoms with E-state index in [0.717, 1.165) is 48.9 Å². The molecule has 4 aliphatic carbocycles. The summed E-state index contributed by atoms with van der Waals surface area (Å²) in [4.78, 5) is 24.2. The average Bonchev–Trinajstić information content (AvgIpc) is 2.53. The van der Waals surface area contributed by atoms with Crippen LogP contribution in [0.3, 0.4) is 0 Å². The van der Waals surface area contributed by atoms with Crippen LogP contribution in [0.15, 0.2) is 10.9 Å². The minimum absolute atomic E-state index is 0.0327. The summed E-state index contributed by atoms with van der Waals surface area (Å²) >= 11 is 0. The fourth-order valence-corrected chi connectivity index (χ4v) is 6.78. The zero-order valence-electron chi connectivity index (χ0n) is 15.3. The predicted octanol–water partition coefficient (Wildman–Crippen LogP) is 2.16. The van der Waals surface area contributed by atoms with E-state index in [2.05, 4.69) is 19.8 Å². The molecule has 0 atom stereocenters. The van der Waals surface area contributed by atoms with Crippen LogP contribution in [0.2, 0.25) is 0 Å². The van der Waals surface area contributed by atoms with Crippen molar-refractivity contribution in [3.8, 4) is 0 Å². The standard InChI is InChI=1S/C20H30N4O/c1-14-21-18(9-19(25)22-14)13-23-2-4-24(5-3-23)20-10-15-6-16(11-20)8-17(7-15)12-20/h9,15-17H,2-8,10-13H2,1H3,(H,21,22,25). The smallest absolute Gasteiger partial charge is 0.251 e. The molecule has 0 unspecified atom stereocenters. The van der Waals surface area contributed by atoms with Gasteiger partial charge >= 0.3 is 0 Å². The Morgan fingerprint density at radius 3 is 2.24 bits per heavy atom. The van der Waals surface area contributed by atoms with Crippen molar-refractivity contribution in [3.05, 3.63) is 27.9 Å². The Labute approximate surface area is 149 Å². The molecule has 0 aromatic carbocycles. The first-order chi connectivity index (χ1) is 12.1. The quantitative estimate of drug-likeness (QED) is 0.915. The molecule has 5 fully saturated rings. The summed E-state index contributed by atoms with van der Waals surface area (Å²) in [5.41, 5.74) is 1.42. The molecule has 1 N–H and O–H groups in total. The normalized spacial score (nSPS) is 38.4. The van der Waals surface area contributed by atoms with E-state index in [1.165, 1.54) is 51.6 Å². The van der Waals surface area contributed by atoms with Gasteiger partial charge in [-0.3, -0.25) is 14.6 Å². The minimum atomic E-state index is -0.0327. The van der Waals surface area contributed by atoms with Crippen molar-refractivity contribution in [1.82, 2.24) is 19.8 Å². The molecule has 1 aromatic rings. The monoisotopic (exact) mass is 342 g/mol. The number of H-pyrrole nitrogens is 1. The fourth-order valence-electron chi connectivity index (χ4n) is 6.78. The summed E-state index contributed by atoms with van der Waals surface area (Å²) in [5, 5.41) is 0. The molecule has 5 nitrogen and oxygen atoms in total. The zero-order chi connectivity index (χ0) is 17.0. The van der Waals surface area contributed by atoms with Gasteiger partial charge in [-0.15, -0.1) is 0 Å². The number of rotatable bonds is 3. The lowest BCUT2D eigenvalue weighted by atomic mass is 9.52. The van der Waals surface area contributed by atoms with Crippen molar-refractivity contribution in [1.29, 1.82) is 0 Å². The van der Waals surface area contributed by atoms with E-state index in [1.54, 1.807) is 6.07 Å². The second-order valence-electron chi connectivity index (χ2n) is 9.23. The van der Waals surface area contributed by atoms with E-state index >= 15 is 0 Å². The van der Waals surface area contributed by atoms with Crippen molar-refractivity contribution in [2.75, 3.05) is 26.2 Å². The molecule has 136 valence electrons. The largest absolute Gasteiger partial charge is 0.311 e. The lowest BCUT2D eigenvalue weighted by Crippen LogP contribution is -2.63. The fraction of sp³-hybridized carbons (Fsp3) is 0.800. The van der Waals surface area contributed by atoms with Crippen molar-refractivity contribution in [2.45, 2.75) is 57.5 Å². The Kier molecular flexibility index (Phi) is 3.79. The van der Waals surface area contributed by atoms with Gasteiger partial charge in [-0.1, -0.05) is 0 Å². The molecular weight excluding hydrogens is 312 g/mol. The van der Waals surface area contributed by atoms with E-state index in [0.29, 0.717) is 5.54 Å². The molecule has 1 aromatic heterocycles. The second kappa shape index (κ2) is 5.92. The van der Waals surface area contributed by atoms with E-state index < -0.39 is 0 Å². The second-order valence-corrected chi connectivity index (χ2v) is 9.23. The molecule has 5 heteroatoms. The highest BCUT2D eigenvalue weighted by Gasteiger charge is 2.53. The molecule has 1 aliphatic heterocycles. The van der Waals surface area contributed by atoms with Gasteiger partial charge < -0.3 is 4.98 Å². The van der Waals surface area contributed by atoms with Gasteiger partial charge in [-0.25, -0.2) is 4.98 Å². The highest BCUT2D eigenvalue weighted by atomic mass is 16.1. The van der Waals surface area contributed by atoms with Crippen LogP contribution in [0.1, 0.15) is 50.0 Å². The number of aromatic amines is 1. The van der Waals surface area contributed by atoms with Gasteiger partial charge in [0, 0.05) is 44.3 Å². The number of aryl methyl sites for hydroxylation is 1. The summed E-state index contributed by atoms with van der Waals surface area (Å²) in [6.45, 7) is 7.25. The lowest BCUT2D eigenvalue weighted by Gasteiger charge is -2.61. The first-order valence-electron chi connectivity index (χ1n) is 10.1. The van der Waals surface area contributed by atoms with Crippen LogP contribution in [-0.4, -0.2) is 51.5 Å². The number of hydrogen-bond donors (Lipinski definition) is 1. The molecule has 0 amide bonds. The highest BCUT2D eigenvalue weighted by molar-refractivity contribution is 5.08. The van der Waals surface area contributed by atoms with Gasteiger partial charge in [-0.2, -0.15) is 0 Å². The third kappa shape index (κ3) is 2.95. The highest BCUT2D eigenvalue weighted by Crippen LogP contribution is 2.57. The maximum absolute atomic E-state index is 11.6. The van der Waals surface area contributed by atoms with Crippen molar-refractivity contribution >= 4 is 0 Å². The Morgan fingerprint density at radius 2 is 1.68 bits per heavy atom. The molecule has 6 rings (SSSR count). The molecular formula is C20H30N4O. The van der Waals surface area contributed by atoms with Crippen LogP contribution in [0.5, 0.6) is 0 Å². The average molecular weight is 342 g/mol. The first kappa shape index (κ1) is 16.0. The van der Waals surface area contributed by atoms with E-state index in [4.69, 9.17) is 0 Å². The summed E-state index contributed by atoms with van der Waals surface area (Å²) in [5.74, 6) is 3.78. The number of hydrogen-bond acceptors (Lipinski definition) is 4.